The van der Waals surface area contributed by atoms with E-state index in [1.165, 1.54) is 22.0 Å². The molecule has 0 unspecified atom stereocenters. The van der Waals surface area contributed by atoms with Gasteiger partial charge in [-0.2, -0.15) is 0 Å². The summed E-state index contributed by atoms with van der Waals surface area (Å²) in [5.41, 5.74) is 5.16. The maximum absolute atomic E-state index is 5.98. The molecule has 30 heavy (non-hydrogen) atoms. The molecule has 0 saturated carbocycles. The number of hydrogen-bond donors (Lipinski definition) is 0. The molecule has 0 fully saturated rings. The van der Waals surface area contributed by atoms with E-state index in [9.17, 15) is 0 Å². The van der Waals surface area contributed by atoms with Crippen LogP contribution in [0.4, 0.5) is 0 Å². The van der Waals surface area contributed by atoms with Crippen molar-refractivity contribution in [2.75, 3.05) is 13.2 Å². The van der Waals surface area contributed by atoms with Gasteiger partial charge in [0.25, 0.3) is 0 Å². The lowest BCUT2D eigenvalue weighted by Gasteiger charge is -2.30. The Labute approximate surface area is 182 Å². The first kappa shape index (κ1) is 18.9. The molecule has 4 aromatic rings. The molecule has 0 aliphatic carbocycles. The third-order valence-electron chi connectivity index (χ3n) is 5.78. The van der Waals surface area contributed by atoms with E-state index in [2.05, 4.69) is 64.2 Å². The van der Waals surface area contributed by atoms with Gasteiger partial charge in [0.15, 0.2) is 0 Å². The van der Waals surface area contributed by atoms with Crippen molar-refractivity contribution in [1.29, 1.82) is 0 Å². The smallest absolute Gasteiger partial charge is 0.119 e. The van der Waals surface area contributed by atoms with Crippen molar-refractivity contribution in [2.45, 2.75) is 19.5 Å². The first-order chi connectivity index (χ1) is 14.8. The second-order valence-electron chi connectivity index (χ2n) is 7.66. The number of para-hydroxylation sites is 2. The fourth-order valence-electron chi connectivity index (χ4n) is 4.22. The minimum absolute atomic E-state index is 0.617. The van der Waals surface area contributed by atoms with Gasteiger partial charge in [-0.3, -0.25) is 0 Å². The first-order valence-electron chi connectivity index (χ1n) is 10.4. The van der Waals surface area contributed by atoms with E-state index in [-0.39, 0.29) is 0 Å². The van der Waals surface area contributed by atoms with Crippen molar-refractivity contribution in [2.24, 2.45) is 0 Å². The highest BCUT2D eigenvalue weighted by Crippen LogP contribution is 2.26. The van der Waals surface area contributed by atoms with E-state index in [1.807, 2.05) is 30.3 Å². The van der Waals surface area contributed by atoms with Crippen molar-refractivity contribution in [3.63, 3.8) is 0 Å². The van der Waals surface area contributed by atoms with Gasteiger partial charge in [0.1, 0.15) is 17.3 Å². The number of aromatic nitrogens is 1. The Balaban J connectivity index is 1.37. The Bertz CT molecular complexity index is 1180. The molecule has 4 heteroatoms. The Hall–Kier alpha value is -3.11. The van der Waals surface area contributed by atoms with E-state index in [0.717, 1.165) is 42.4 Å². The molecular weight excluding hydrogens is 388 g/mol. The molecule has 0 bridgehead atoms. The lowest BCUT2D eigenvalue weighted by Crippen LogP contribution is -2.35. The Morgan fingerprint density at radius 1 is 0.867 bits per heavy atom. The number of ether oxygens (including phenoxy) is 1. The van der Waals surface area contributed by atoms with Gasteiger partial charge in [-0.15, -0.1) is 0 Å². The maximum Gasteiger partial charge on any atom is 0.119 e. The second kappa shape index (κ2) is 8.33. The van der Waals surface area contributed by atoms with E-state index in [1.54, 1.807) is 0 Å². The van der Waals surface area contributed by atoms with Crippen molar-refractivity contribution in [3.05, 3.63) is 102 Å². The summed E-state index contributed by atoms with van der Waals surface area (Å²) in [6.07, 6.45) is 3.24. The van der Waals surface area contributed by atoms with Crippen LogP contribution in [-0.4, -0.2) is 27.6 Å². The number of fused-ring (bicyclic) bond motifs is 2. The monoisotopic (exact) mass is 412 g/mol. The summed E-state index contributed by atoms with van der Waals surface area (Å²) in [5.74, 6) is 0.900. The fraction of sp³-hybridized carbons (Fsp3) is 0.192. The van der Waals surface area contributed by atoms with E-state index in [4.69, 9.17) is 17.0 Å². The summed E-state index contributed by atoms with van der Waals surface area (Å²) in [6, 6.07) is 27.2. The third-order valence-corrected chi connectivity index (χ3v) is 6.26. The zero-order valence-electron chi connectivity index (χ0n) is 16.8. The standard InChI is InChI=1S/C26H24N2OS/c30-26(28-15-14-20-8-4-5-9-21(20)18-28)24-19-27(25-13-7-6-12-23(24)25)16-17-29-22-10-2-1-3-11-22/h1-13,19H,14-18H2. The van der Waals surface area contributed by atoms with Crippen molar-refractivity contribution in [3.8, 4) is 5.75 Å². The summed E-state index contributed by atoms with van der Waals surface area (Å²) in [7, 11) is 0. The van der Waals surface area contributed by atoms with Gasteiger partial charge >= 0.3 is 0 Å². The topological polar surface area (TPSA) is 17.4 Å². The lowest BCUT2D eigenvalue weighted by atomic mass is 9.99. The predicted octanol–water partition coefficient (Wildman–Crippen LogP) is 5.45. The van der Waals surface area contributed by atoms with Crippen LogP contribution in [0.3, 0.4) is 0 Å². The molecule has 3 aromatic carbocycles. The van der Waals surface area contributed by atoms with Gasteiger partial charge in [0, 0.05) is 35.8 Å². The van der Waals surface area contributed by atoms with Gasteiger partial charge in [-0.25, -0.2) is 0 Å². The highest BCUT2D eigenvalue weighted by Gasteiger charge is 2.21. The summed E-state index contributed by atoms with van der Waals surface area (Å²) >= 11 is 5.98. The quantitative estimate of drug-likeness (QED) is 0.406. The van der Waals surface area contributed by atoms with Crippen LogP contribution in [0.5, 0.6) is 5.75 Å². The molecule has 3 nitrogen and oxygen atoms in total. The number of hydrogen-bond acceptors (Lipinski definition) is 2. The average Bonchev–Trinajstić information content (AvgIpc) is 3.18. The molecule has 1 aromatic heterocycles. The number of benzene rings is 3. The van der Waals surface area contributed by atoms with Gasteiger partial charge < -0.3 is 14.2 Å². The van der Waals surface area contributed by atoms with Crippen LogP contribution in [0, 0.1) is 0 Å². The largest absolute Gasteiger partial charge is 0.492 e. The van der Waals surface area contributed by atoms with Crippen molar-refractivity contribution < 1.29 is 4.74 Å². The van der Waals surface area contributed by atoms with Crippen molar-refractivity contribution >= 4 is 28.1 Å². The minimum Gasteiger partial charge on any atom is -0.492 e. The zero-order valence-corrected chi connectivity index (χ0v) is 17.6. The molecule has 0 saturated heterocycles. The summed E-state index contributed by atoms with van der Waals surface area (Å²) in [4.78, 5) is 3.27. The molecular formula is C26H24N2OS. The summed E-state index contributed by atoms with van der Waals surface area (Å²) in [6.45, 7) is 3.24. The summed E-state index contributed by atoms with van der Waals surface area (Å²) < 4.78 is 8.18. The predicted molar refractivity (Wildman–Crippen MR) is 126 cm³/mol. The third kappa shape index (κ3) is 3.71. The first-order valence-corrected chi connectivity index (χ1v) is 10.8. The highest BCUT2D eigenvalue weighted by molar-refractivity contribution is 7.80. The van der Waals surface area contributed by atoms with Gasteiger partial charge in [-0.05, 0) is 35.7 Å². The molecule has 1 aliphatic heterocycles. The molecule has 0 spiro atoms. The van der Waals surface area contributed by atoms with Crippen LogP contribution in [0.25, 0.3) is 10.9 Å². The van der Waals surface area contributed by atoms with Crippen LogP contribution >= 0.6 is 12.2 Å². The van der Waals surface area contributed by atoms with Gasteiger partial charge in [0.2, 0.25) is 0 Å². The Morgan fingerprint density at radius 3 is 2.47 bits per heavy atom. The summed E-state index contributed by atoms with van der Waals surface area (Å²) in [5, 5.41) is 1.21. The average molecular weight is 413 g/mol. The number of nitrogens with zero attached hydrogens (tertiary/aromatic N) is 2. The van der Waals surface area contributed by atoms with Crippen LogP contribution in [0.2, 0.25) is 0 Å². The number of rotatable bonds is 5. The molecule has 2 heterocycles. The van der Waals surface area contributed by atoms with Crippen molar-refractivity contribution in [1.82, 2.24) is 9.47 Å². The highest BCUT2D eigenvalue weighted by atomic mass is 32.1. The molecule has 150 valence electrons. The molecule has 1 aliphatic rings. The van der Waals surface area contributed by atoms with Crippen LogP contribution in [0.15, 0.2) is 85.1 Å². The lowest BCUT2D eigenvalue weighted by molar-refractivity contribution is 0.300. The molecule has 5 rings (SSSR count). The molecule has 0 N–H and O–H groups in total. The zero-order chi connectivity index (χ0) is 20.3. The van der Waals surface area contributed by atoms with Gasteiger partial charge in [-0.1, -0.05) is 72.9 Å². The normalized spacial score (nSPS) is 13.3. The van der Waals surface area contributed by atoms with Gasteiger partial charge in [0.05, 0.1) is 6.54 Å². The maximum atomic E-state index is 5.98. The van der Waals surface area contributed by atoms with E-state index >= 15 is 0 Å². The van der Waals surface area contributed by atoms with Crippen LogP contribution in [-0.2, 0) is 19.5 Å². The Kier molecular flexibility index (Phi) is 5.24. The van der Waals surface area contributed by atoms with Crippen LogP contribution < -0.4 is 4.74 Å². The minimum atomic E-state index is 0.617. The molecule has 0 radical (unpaired) electrons. The van der Waals surface area contributed by atoms with E-state index < -0.39 is 0 Å². The number of thiocarbonyl (C=S) groups is 1. The molecule has 0 amide bonds. The fourth-order valence-corrected chi connectivity index (χ4v) is 4.54. The molecule has 0 atom stereocenters. The second-order valence-corrected chi connectivity index (χ2v) is 8.05. The SMILES string of the molecule is S=C(c1cn(CCOc2ccccc2)c2ccccc12)N1CCc2ccccc2C1. The van der Waals surface area contributed by atoms with Crippen LogP contribution in [0.1, 0.15) is 16.7 Å². The van der Waals surface area contributed by atoms with E-state index in [0.29, 0.717) is 6.61 Å². The Morgan fingerprint density at radius 2 is 1.60 bits per heavy atom.